The van der Waals surface area contributed by atoms with Gasteiger partial charge in [0.2, 0.25) is 17.7 Å². The van der Waals surface area contributed by atoms with Crippen molar-refractivity contribution in [1.82, 2.24) is 49.3 Å². The number of carbonyl (C=O) groups excluding carboxylic acids is 3. The molecule has 0 unspecified atom stereocenters. The van der Waals surface area contributed by atoms with E-state index < -0.39 is 39.8 Å². The third kappa shape index (κ3) is 17.6. The summed E-state index contributed by atoms with van der Waals surface area (Å²) in [5.41, 5.74) is 11.6. The summed E-state index contributed by atoms with van der Waals surface area (Å²) in [5.74, 6) is 1.06. The van der Waals surface area contributed by atoms with Crippen LogP contribution in [0.5, 0.6) is 0 Å². The Hall–Kier alpha value is -10.0. The molecule has 10 heterocycles. The van der Waals surface area contributed by atoms with Crippen LogP contribution in [0.15, 0.2) is 185 Å². The van der Waals surface area contributed by atoms with E-state index in [-0.39, 0.29) is 109 Å². The molecule has 6 aliphatic rings. The first kappa shape index (κ1) is 91.7. The molecule has 3 fully saturated rings. The Kier molecular flexibility index (Phi) is 27.5. The zero-order valence-corrected chi connectivity index (χ0v) is 78.1. The summed E-state index contributed by atoms with van der Waals surface area (Å²) in [5, 5.41) is 1.46. The van der Waals surface area contributed by atoms with Gasteiger partial charge >= 0.3 is 0 Å². The molecular weight excluding hydrogens is 1710 g/mol. The number of aromatic nitrogens is 4. The Balaban J connectivity index is 0.000000160. The molecule has 0 N–H and O–H groups in total. The zero-order chi connectivity index (χ0) is 89.6. The number of benzene rings is 5. The highest BCUT2D eigenvalue weighted by Gasteiger charge is 2.48. The Bertz CT molecular complexity index is 5710. The van der Waals surface area contributed by atoms with Gasteiger partial charge in [-0.05, 0) is 168 Å². The lowest BCUT2D eigenvalue weighted by Crippen LogP contribution is -2.59. The molecule has 0 radical (unpaired) electrons. The number of anilines is 6. The summed E-state index contributed by atoms with van der Waals surface area (Å²) in [6.07, 6.45) is 6.84. The smallest absolute Gasteiger partial charge is 0.286 e. The minimum absolute atomic E-state index is 0.0600. The first-order chi connectivity index (χ1) is 59.0. The maximum absolute atomic E-state index is 15.1. The molecule has 4 aromatic heterocycles. The SMILES string of the molecule is C=CC(=O)N1C[C@H](C)N(C2=N[P@@](C)(=O)N(c3c(CC)cccc3CC)c3nc(-c4ccccc4F)c(Cl)cc32)C[C@H]1C.C=CC(=O)N1C[C@H](C)N(C2=N[P@@](C)(=O)N(c3scnc3C(C)C)c3nc(-c4ccccc4F)c(Cl)cc32)C[C@H]1C.C=CC(=O)N1C[C@H](C)N(C2=N[P@](C)(=O)N(c3c(CC)cccc3CC)c3nc(-c4ccccc4F)c(Cl)cc32)C[C@H]1C. The van der Waals surface area contributed by atoms with Crippen LogP contribution in [0, 0.1) is 17.5 Å². The van der Waals surface area contributed by atoms with E-state index >= 15 is 8.78 Å². The molecule has 0 saturated carbocycles. The Morgan fingerprint density at radius 3 is 0.992 bits per heavy atom. The number of amides is 3. The Morgan fingerprint density at radius 2 is 0.718 bits per heavy atom. The van der Waals surface area contributed by atoms with Crippen molar-refractivity contribution in [2.75, 3.05) is 73.3 Å². The summed E-state index contributed by atoms with van der Waals surface area (Å²) >= 11 is 21.8. The van der Waals surface area contributed by atoms with E-state index in [4.69, 9.17) is 64.0 Å². The number of thiazole rings is 1. The van der Waals surface area contributed by atoms with Crippen LogP contribution in [-0.2, 0) is 53.8 Å². The molecule has 32 heteroatoms. The number of piperazine rings is 3. The van der Waals surface area contributed by atoms with Gasteiger partial charge in [0.15, 0.2) is 17.5 Å². The Labute approximate surface area is 743 Å². The molecular formula is C92H103Cl3F3N16O6P3S. The van der Waals surface area contributed by atoms with Gasteiger partial charge in [-0.2, -0.15) is 14.3 Å². The van der Waals surface area contributed by atoms with Crippen LogP contribution < -0.4 is 14.0 Å². The molecule has 3 saturated heterocycles. The van der Waals surface area contributed by atoms with Crippen molar-refractivity contribution in [2.24, 2.45) is 14.3 Å². The number of para-hydroxylation sites is 2. The van der Waals surface area contributed by atoms with Gasteiger partial charge in [0.1, 0.15) is 40.0 Å². The molecule has 0 spiro atoms. The molecule has 0 aliphatic carbocycles. The second-order valence-corrected chi connectivity index (χ2v) is 41.2. The van der Waals surface area contributed by atoms with Crippen molar-refractivity contribution in [1.29, 1.82) is 0 Å². The first-order valence-corrected chi connectivity index (χ1v) is 49.7. The van der Waals surface area contributed by atoms with E-state index in [2.05, 4.69) is 67.1 Å². The van der Waals surface area contributed by atoms with Crippen molar-refractivity contribution in [3.8, 4) is 33.8 Å². The van der Waals surface area contributed by atoms with E-state index in [0.717, 1.165) is 39.3 Å². The van der Waals surface area contributed by atoms with Crippen molar-refractivity contribution in [3.05, 3.63) is 248 Å². The van der Waals surface area contributed by atoms with Gasteiger partial charge in [0, 0.05) is 112 Å². The highest BCUT2D eigenvalue weighted by atomic mass is 35.5. The molecule has 15 rings (SSSR count). The lowest BCUT2D eigenvalue weighted by molar-refractivity contribution is -0.131. The van der Waals surface area contributed by atoms with E-state index in [1.54, 1.807) is 127 Å². The number of pyridine rings is 3. The number of hydrogen-bond acceptors (Lipinski definition) is 14. The average Bonchev–Trinajstić information content (AvgIpc) is 1.03. The van der Waals surface area contributed by atoms with Crippen molar-refractivity contribution in [2.45, 2.75) is 151 Å². The van der Waals surface area contributed by atoms with Crippen molar-refractivity contribution < 1.29 is 41.3 Å². The van der Waals surface area contributed by atoms with Crippen LogP contribution in [-0.4, -0.2) is 180 Å². The summed E-state index contributed by atoms with van der Waals surface area (Å²) in [6, 6.07) is 35.6. The Morgan fingerprint density at radius 1 is 0.435 bits per heavy atom. The van der Waals surface area contributed by atoms with Gasteiger partial charge in [0.25, 0.3) is 22.3 Å². The van der Waals surface area contributed by atoms with Crippen molar-refractivity contribution >= 4 is 138 Å². The number of halogens is 6. The standard InChI is InChI=1S/2C32H36ClFN5O2P.C28H31ClFN6O2PS/c2*1-7-22-13-12-14-23(8-2)30(22)39-31-25(17-26(33)29(35-31)24-15-10-11-16-27(24)34)32(36-42(39,6)41)38-19-20(4)37(18-21(38)5)28(40)9-3;1-7-23(37)34-13-18(5)35(14-17(34)4)27-20-12-21(29)25(19-10-8-9-11-22(19)30)32-26(20)36(39(6,38)33-27)28-24(16(2)3)31-15-40-28/h2*9-17,20-21H,3,7-8,18-19H2,1-2,4-6H3;7-12,15-18H,1,13-14H2,2-6H3/t20-,21+,42+;20-,21+,42-;17-,18+,39-/m111/s1. The highest BCUT2D eigenvalue weighted by molar-refractivity contribution is 7.65. The fourth-order valence-corrected chi connectivity index (χ4v) is 24.5. The average molecular weight is 1820 g/mol. The lowest BCUT2D eigenvalue weighted by Gasteiger charge is -2.47. The van der Waals surface area contributed by atoms with Crippen molar-refractivity contribution in [3.63, 3.8) is 0 Å². The number of amidine groups is 3. The maximum atomic E-state index is 15.1. The normalized spacial score (nSPS) is 22.3. The molecule has 9 atom stereocenters. The second kappa shape index (κ2) is 37.3. The molecule has 650 valence electrons. The van der Waals surface area contributed by atoms with Crippen LogP contribution in [0.1, 0.15) is 134 Å². The summed E-state index contributed by atoms with van der Waals surface area (Å²) in [6.45, 7) is 42.8. The number of hydrogen-bond donors (Lipinski definition) is 0. The summed E-state index contributed by atoms with van der Waals surface area (Å²) in [7, 11) is -10.5. The van der Waals surface area contributed by atoms with E-state index in [9.17, 15) is 32.5 Å². The van der Waals surface area contributed by atoms with Gasteiger partial charge in [0.05, 0.1) is 71.4 Å². The molecule has 124 heavy (non-hydrogen) atoms. The molecule has 6 aliphatic heterocycles. The zero-order valence-electron chi connectivity index (χ0n) is 72.3. The second-order valence-electron chi connectivity index (χ2n) is 32.3. The molecule has 9 aromatic rings. The van der Waals surface area contributed by atoms with Gasteiger partial charge < -0.3 is 29.4 Å². The first-order valence-electron chi connectivity index (χ1n) is 41.5. The largest absolute Gasteiger partial charge is 0.349 e. The van der Waals surface area contributed by atoms with Gasteiger partial charge in [-0.25, -0.2) is 37.8 Å². The molecule has 22 nitrogen and oxygen atoms in total. The lowest BCUT2D eigenvalue weighted by atomic mass is 10.0. The van der Waals surface area contributed by atoms with Crippen LogP contribution >= 0.6 is 68.5 Å². The fourth-order valence-electron chi connectivity index (χ4n) is 17.1. The fraction of sp³-hybridized carbons (Fsp3) is 0.348. The minimum atomic E-state index is -3.50. The monoisotopic (exact) mass is 1810 g/mol. The van der Waals surface area contributed by atoms with Crippen LogP contribution in [0.2, 0.25) is 15.1 Å². The van der Waals surface area contributed by atoms with Gasteiger partial charge in [-0.3, -0.25) is 37.4 Å². The number of aryl methyl sites for hydroxylation is 4. The van der Waals surface area contributed by atoms with Gasteiger partial charge in [-0.1, -0.05) is 169 Å². The topological polar surface area (TPSA) is 220 Å². The van der Waals surface area contributed by atoms with Crippen LogP contribution in [0.3, 0.4) is 0 Å². The van der Waals surface area contributed by atoms with Gasteiger partial charge in [-0.15, -0.1) is 11.3 Å². The van der Waals surface area contributed by atoms with Crippen LogP contribution in [0.4, 0.5) is 47.0 Å². The van der Waals surface area contributed by atoms with Crippen LogP contribution in [0.25, 0.3) is 33.8 Å². The minimum Gasteiger partial charge on any atom is -0.349 e. The van der Waals surface area contributed by atoms with E-state index in [1.165, 1.54) is 47.8 Å². The number of fused-ring (bicyclic) bond motifs is 3. The number of nitrogens with zero attached hydrogens (tertiary/aromatic N) is 16. The predicted octanol–water partition coefficient (Wildman–Crippen LogP) is 21.9. The molecule has 3 amide bonds. The number of rotatable bonds is 14. The number of carbonyl (C=O) groups is 3. The van der Waals surface area contributed by atoms with E-state index in [0.29, 0.717) is 122 Å². The summed E-state index contributed by atoms with van der Waals surface area (Å²) in [4.78, 5) is 68.5. The molecule has 0 bridgehead atoms. The third-order valence-electron chi connectivity index (χ3n) is 23.3. The maximum Gasteiger partial charge on any atom is 0.286 e. The van der Waals surface area contributed by atoms with E-state index in [1.807, 2.05) is 91.8 Å². The third-order valence-corrected chi connectivity index (χ3v) is 30.3. The summed E-state index contributed by atoms with van der Waals surface area (Å²) < 4.78 is 109. The molecule has 5 aromatic carbocycles. The highest BCUT2D eigenvalue weighted by Crippen LogP contribution is 2.64. The predicted molar refractivity (Wildman–Crippen MR) is 500 cm³/mol. The quantitative estimate of drug-likeness (QED) is 0.0729.